The summed E-state index contributed by atoms with van der Waals surface area (Å²) in [5, 5.41) is 42.7. The van der Waals surface area contributed by atoms with Gasteiger partial charge in [-0.2, -0.15) is 34.2 Å². The van der Waals surface area contributed by atoms with E-state index < -0.39 is 11.7 Å². The molecule has 0 atom stereocenters. The van der Waals surface area contributed by atoms with E-state index >= 15 is 13.2 Å². The molecule has 0 fully saturated rings. The van der Waals surface area contributed by atoms with Crippen molar-refractivity contribution in [2.24, 2.45) is 0 Å². The fraction of sp³-hybridized carbons (Fsp3) is 0.0282. The van der Waals surface area contributed by atoms with E-state index in [2.05, 4.69) is 48.5 Å². The minimum absolute atomic E-state index is 0.00777. The molecule has 0 radical (unpaired) electrons. The molecule has 0 saturated carbocycles. The van der Waals surface area contributed by atoms with Crippen LogP contribution in [0.25, 0.3) is 135 Å². The summed E-state index contributed by atoms with van der Waals surface area (Å²) >= 11 is 0. The Hall–Kier alpha value is -13.0. The van der Waals surface area contributed by atoms with Gasteiger partial charge in [-0.25, -0.2) is 24.2 Å². The second-order valence-corrected chi connectivity index (χ2v) is 20.0. The van der Waals surface area contributed by atoms with Gasteiger partial charge in [0, 0.05) is 32.7 Å². The van der Waals surface area contributed by atoms with Crippen LogP contribution >= 0.6 is 0 Å². The molecule has 85 heavy (non-hydrogen) atoms. The summed E-state index contributed by atoms with van der Waals surface area (Å²) in [4.78, 5) is 18.5. The Morgan fingerprint density at radius 3 is 1.09 bits per heavy atom. The van der Waals surface area contributed by atoms with Gasteiger partial charge in [-0.1, -0.05) is 54.6 Å². The van der Waals surface area contributed by atoms with Crippen molar-refractivity contribution in [3.63, 3.8) is 0 Å². The molecular weight excluding hydrogens is 1060 g/mol. The number of aromatic nitrogens is 2. The van der Waals surface area contributed by atoms with Gasteiger partial charge >= 0.3 is 6.18 Å². The second kappa shape index (κ2) is 20.6. The van der Waals surface area contributed by atoms with Crippen LogP contribution in [0.4, 0.5) is 41.6 Å². The largest absolute Gasteiger partial charge is 0.416 e. The molecule has 0 spiro atoms. The maximum Gasteiger partial charge on any atom is 0.416 e. The predicted molar refractivity (Wildman–Crippen MR) is 322 cm³/mol. The number of aryl methyl sites for hydroxylation is 1. The van der Waals surface area contributed by atoms with Crippen LogP contribution in [0.2, 0.25) is 0 Å². The molecule has 14 heteroatoms. The Morgan fingerprint density at radius 2 is 0.729 bits per heavy atom. The molecule has 0 amide bonds. The van der Waals surface area contributed by atoms with Gasteiger partial charge in [-0.05, 0) is 189 Å². The first-order chi connectivity index (χ1) is 41.2. The lowest BCUT2D eigenvalue weighted by molar-refractivity contribution is -0.137. The van der Waals surface area contributed by atoms with Gasteiger partial charge in [0.15, 0.2) is 28.4 Å². The monoisotopic (exact) mass is 1100 g/mol. The molecule has 11 nitrogen and oxygen atoms in total. The molecular formula is C71H32F3N11. The van der Waals surface area contributed by atoms with Crippen LogP contribution in [-0.2, 0) is 6.18 Å². The molecule has 12 aromatic rings. The number of alkyl halides is 3. The molecule has 0 aliphatic carbocycles. The number of benzene rings is 10. The third kappa shape index (κ3) is 9.07. The van der Waals surface area contributed by atoms with Crippen molar-refractivity contribution in [3.05, 3.63) is 266 Å². The van der Waals surface area contributed by atoms with Crippen molar-refractivity contribution in [1.29, 1.82) is 21.0 Å². The minimum atomic E-state index is -4.84. The molecule has 0 aliphatic rings. The van der Waals surface area contributed by atoms with Gasteiger partial charge in [0.05, 0.1) is 107 Å². The molecule has 0 N–H and O–H groups in total. The zero-order valence-corrected chi connectivity index (χ0v) is 44.3. The Labute approximate surface area is 483 Å². The summed E-state index contributed by atoms with van der Waals surface area (Å²) in [7, 11) is 0. The number of nitriles is 4. The van der Waals surface area contributed by atoms with E-state index in [1.807, 2.05) is 81.9 Å². The molecule has 0 unspecified atom stereocenters. The van der Waals surface area contributed by atoms with Crippen molar-refractivity contribution in [3.8, 4) is 91.3 Å². The van der Waals surface area contributed by atoms with Crippen LogP contribution in [0, 0.1) is 85.1 Å². The van der Waals surface area contributed by atoms with Crippen LogP contribution in [0.3, 0.4) is 0 Å². The highest BCUT2D eigenvalue weighted by Crippen LogP contribution is 2.49. The van der Waals surface area contributed by atoms with Crippen LogP contribution in [0.5, 0.6) is 0 Å². The van der Waals surface area contributed by atoms with E-state index in [4.69, 9.17) is 32.9 Å². The average molecular weight is 1100 g/mol. The van der Waals surface area contributed by atoms with Crippen molar-refractivity contribution in [1.82, 2.24) is 9.13 Å². The summed E-state index contributed by atoms with van der Waals surface area (Å²) in [5.74, 6) is 0. The lowest BCUT2D eigenvalue weighted by Gasteiger charge is -2.22. The van der Waals surface area contributed by atoms with Crippen molar-refractivity contribution in [2.45, 2.75) is 13.1 Å². The normalized spacial score (nSPS) is 11.0. The van der Waals surface area contributed by atoms with Gasteiger partial charge in [-0.15, -0.1) is 0 Å². The molecule has 2 heterocycles. The average Bonchev–Trinajstić information content (AvgIpc) is 1.71. The van der Waals surface area contributed by atoms with Gasteiger partial charge in [0.2, 0.25) is 0 Å². The third-order valence-electron chi connectivity index (χ3n) is 15.1. The summed E-state index contributed by atoms with van der Waals surface area (Å²) in [6, 6.07) is 57.7. The van der Waals surface area contributed by atoms with Crippen molar-refractivity contribution < 1.29 is 13.2 Å². The van der Waals surface area contributed by atoms with Gasteiger partial charge in [0.25, 0.3) is 0 Å². The molecule has 0 saturated heterocycles. The highest BCUT2D eigenvalue weighted by Gasteiger charge is 2.35. The Balaban J connectivity index is 1.24. The van der Waals surface area contributed by atoms with Gasteiger partial charge in [-0.3, -0.25) is 0 Å². The van der Waals surface area contributed by atoms with Crippen molar-refractivity contribution >= 4 is 72.0 Å². The summed E-state index contributed by atoms with van der Waals surface area (Å²) in [6.45, 7) is 41.7. The maximum atomic E-state index is 15.4. The fourth-order valence-electron chi connectivity index (χ4n) is 11.4. The van der Waals surface area contributed by atoms with Crippen LogP contribution in [0.15, 0.2) is 176 Å². The molecule has 12 rings (SSSR count). The number of hydrogen-bond donors (Lipinski definition) is 0. The SMILES string of the molecule is [C-]#[N+]c1cc(C#N)cc(-c2ccc3c(c2)c2cc(-c4cc([N+]#[C-])cc([N+]#[C-])c4)ccc2n3-c2cc([N+]#[C-])c(-c3c(C)cccc3C(F)(F)F)cc2-n2c3ccc(-c4cc(C#N)cc(C#N)c4)cc3c3cc(-c4cc(C#N)cc([N+]#[C-])c4)ccc32)c1. The van der Waals surface area contributed by atoms with Crippen molar-refractivity contribution in [2.75, 3.05) is 0 Å². The zero-order valence-electron chi connectivity index (χ0n) is 44.3. The highest BCUT2D eigenvalue weighted by molar-refractivity contribution is 6.15. The van der Waals surface area contributed by atoms with Gasteiger partial charge in [0.1, 0.15) is 0 Å². The number of hydrogen-bond acceptors (Lipinski definition) is 4. The molecule has 2 aromatic heterocycles. The predicted octanol–water partition coefficient (Wildman–Crippen LogP) is 19.8. The first-order valence-electron chi connectivity index (χ1n) is 25.8. The molecule has 392 valence electrons. The number of halogens is 3. The summed E-state index contributed by atoms with van der Waals surface area (Å²) < 4.78 is 50.1. The minimum Gasteiger partial charge on any atom is -0.308 e. The third-order valence-corrected chi connectivity index (χ3v) is 15.1. The van der Waals surface area contributed by atoms with Crippen LogP contribution in [-0.4, -0.2) is 9.13 Å². The van der Waals surface area contributed by atoms with E-state index in [1.165, 1.54) is 30.3 Å². The van der Waals surface area contributed by atoms with Gasteiger partial charge < -0.3 is 9.13 Å². The molecule has 0 bridgehead atoms. The molecule has 0 aliphatic heterocycles. The highest BCUT2D eigenvalue weighted by atomic mass is 19.4. The van der Waals surface area contributed by atoms with E-state index in [-0.39, 0.29) is 67.4 Å². The van der Waals surface area contributed by atoms with E-state index in [1.54, 1.807) is 73.7 Å². The number of fused-ring (bicyclic) bond motifs is 6. The topological polar surface area (TPSA) is 127 Å². The first-order valence-corrected chi connectivity index (χ1v) is 25.8. The molecule has 10 aromatic carbocycles. The van der Waals surface area contributed by atoms with Crippen LogP contribution < -0.4 is 0 Å². The number of rotatable bonds is 7. The quantitative estimate of drug-likeness (QED) is 0.147. The number of nitrogens with zero attached hydrogens (tertiary/aromatic N) is 11. The lowest BCUT2D eigenvalue weighted by Crippen LogP contribution is -2.09. The Bertz CT molecular complexity index is 4990. The zero-order chi connectivity index (χ0) is 59.4. The second-order valence-electron chi connectivity index (χ2n) is 20.0. The standard InChI is InChI=1S/C71H32F3N11/c1-40-8-7-9-62(71(72,73)74)70(40)61-34-68(84-64-14-10-45(49-19-41(36-75)18-42(20-49)37-76)29-57(64)58-30-46(11-15-65(58)84)50-21-43(38-77)23-53(25-50)79-2)69(35-63(61)83-6)85-66-16-12-47(51-22-44(39-78)24-54(26-51)80-3)31-59(66)60-32-48(13-17-67(60)85)52-27-55(81-4)33-56(28-52)82-5/h7-35H,1H3. The van der Waals surface area contributed by atoms with E-state index in [9.17, 15) is 21.0 Å². The Morgan fingerprint density at radius 1 is 0.376 bits per heavy atom. The van der Waals surface area contributed by atoms with Crippen LogP contribution in [0.1, 0.15) is 33.4 Å². The fourth-order valence-corrected chi connectivity index (χ4v) is 11.4. The van der Waals surface area contributed by atoms with E-state index in [0.29, 0.717) is 99.5 Å². The first kappa shape index (κ1) is 52.7. The summed E-state index contributed by atoms with van der Waals surface area (Å²) in [5.41, 5.74) is 9.11. The Kier molecular flexibility index (Phi) is 12.8. The van der Waals surface area contributed by atoms with E-state index in [0.717, 1.165) is 6.07 Å². The smallest absolute Gasteiger partial charge is 0.308 e. The lowest BCUT2D eigenvalue weighted by atomic mass is 9.92. The maximum absolute atomic E-state index is 15.4. The summed E-state index contributed by atoms with van der Waals surface area (Å²) in [6.07, 6.45) is -4.84.